The molecule has 2 aromatic rings. The van der Waals surface area contributed by atoms with Crippen LogP contribution in [0.1, 0.15) is 44.2 Å². The lowest BCUT2D eigenvalue weighted by molar-refractivity contribution is -0.172. The second-order valence-electron chi connectivity index (χ2n) is 10.0. The number of hydrogen-bond acceptors (Lipinski definition) is 8. The van der Waals surface area contributed by atoms with Crippen molar-refractivity contribution >= 4 is 23.5 Å². The summed E-state index contributed by atoms with van der Waals surface area (Å²) < 4.78 is 10.7. The van der Waals surface area contributed by atoms with E-state index >= 15 is 0 Å². The van der Waals surface area contributed by atoms with Crippen LogP contribution in [-0.4, -0.2) is 78.0 Å². The van der Waals surface area contributed by atoms with E-state index in [1.807, 2.05) is 66.4 Å². The summed E-state index contributed by atoms with van der Waals surface area (Å²) in [5.74, 6) is -1.66. The zero-order valence-electron chi connectivity index (χ0n) is 23.0. The minimum Gasteiger partial charge on any atom is -0.458 e. The highest BCUT2D eigenvalue weighted by atomic mass is 16.6. The standard InChI is InChI=1S/C30H40N2O7/c1-4-32(16-17-33)25-14-12-23(13-15-25)19-27(34)28(35)31(3)26(18-22-10-11-22)30(37)39-21(2)29(36)38-20-24-8-6-5-7-9-24/h5-9,12-15,21-22,26-27,33-34H,4,10-11,16-20H2,1-3H3/t21-,26+,27-/m1/s1. The second-order valence-corrected chi connectivity index (χ2v) is 10.0. The number of carbonyl (C=O) groups excluding carboxylic acids is 3. The van der Waals surface area contributed by atoms with Crippen molar-refractivity contribution in [1.82, 2.24) is 4.90 Å². The van der Waals surface area contributed by atoms with Crippen LogP contribution >= 0.6 is 0 Å². The van der Waals surface area contributed by atoms with Crippen LogP contribution in [0, 0.1) is 5.92 Å². The van der Waals surface area contributed by atoms with Crippen LogP contribution in [0.25, 0.3) is 0 Å². The van der Waals surface area contributed by atoms with E-state index in [-0.39, 0.29) is 19.6 Å². The maximum absolute atomic E-state index is 13.1. The molecule has 0 spiro atoms. The average molecular weight is 541 g/mol. The van der Waals surface area contributed by atoms with Gasteiger partial charge < -0.3 is 29.5 Å². The largest absolute Gasteiger partial charge is 0.458 e. The third-order valence-corrected chi connectivity index (χ3v) is 6.96. The Balaban J connectivity index is 1.58. The quantitative estimate of drug-likeness (QED) is 0.331. The molecule has 0 heterocycles. The first-order valence-electron chi connectivity index (χ1n) is 13.5. The highest BCUT2D eigenvalue weighted by Crippen LogP contribution is 2.35. The van der Waals surface area contributed by atoms with Crippen LogP contribution in [0.15, 0.2) is 54.6 Å². The van der Waals surface area contributed by atoms with Crippen molar-refractivity contribution in [3.05, 3.63) is 65.7 Å². The Morgan fingerprint density at radius 2 is 1.67 bits per heavy atom. The van der Waals surface area contributed by atoms with Crippen LogP contribution in [0.3, 0.4) is 0 Å². The summed E-state index contributed by atoms with van der Waals surface area (Å²) in [5.41, 5.74) is 2.53. The lowest BCUT2D eigenvalue weighted by Crippen LogP contribution is -2.49. The summed E-state index contributed by atoms with van der Waals surface area (Å²) in [6.45, 7) is 4.82. The molecule has 3 atom stereocenters. The summed E-state index contributed by atoms with van der Waals surface area (Å²) in [4.78, 5) is 41.9. The molecule has 2 aromatic carbocycles. The number of benzene rings is 2. The van der Waals surface area contributed by atoms with Gasteiger partial charge in [-0.2, -0.15) is 0 Å². The number of esters is 2. The van der Waals surface area contributed by atoms with Gasteiger partial charge in [-0.1, -0.05) is 55.3 Å². The number of nitrogens with zero attached hydrogens (tertiary/aromatic N) is 2. The van der Waals surface area contributed by atoms with Gasteiger partial charge in [0.05, 0.1) is 6.61 Å². The van der Waals surface area contributed by atoms with Gasteiger partial charge in [-0.25, -0.2) is 9.59 Å². The second kappa shape index (κ2) is 14.6. The normalized spacial score (nSPS) is 15.1. The van der Waals surface area contributed by atoms with E-state index in [1.54, 1.807) is 0 Å². The van der Waals surface area contributed by atoms with Crippen LogP contribution in [-0.2, 0) is 36.9 Å². The van der Waals surface area contributed by atoms with E-state index in [9.17, 15) is 24.6 Å². The molecule has 1 fully saturated rings. The average Bonchev–Trinajstić information content (AvgIpc) is 3.77. The van der Waals surface area contributed by atoms with Crippen molar-refractivity contribution in [1.29, 1.82) is 0 Å². The van der Waals surface area contributed by atoms with E-state index in [0.717, 1.165) is 36.2 Å². The first-order valence-corrected chi connectivity index (χ1v) is 13.5. The molecular formula is C30H40N2O7. The van der Waals surface area contributed by atoms with Gasteiger partial charge in [-0.15, -0.1) is 0 Å². The van der Waals surface area contributed by atoms with Crippen LogP contribution in [0.2, 0.25) is 0 Å². The number of anilines is 1. The van der Waals surface area contributed by atoms with Gasteiger partial charge in [0.1, 0.15) is 18.8 Å². The van der Waals surface area contributed by atoms with E-state index in [4.69, 9.17) is 9.47 Å². The Morgan fingerprint density at radius 1 is 1.00 bits per heavy atom. The van der Waals surface area contributed by atoms with Gasteiger partial charge in [0.2, 0.25) is 0 Å². The van der Waals surface area contributed by atoms with Gasteiger partial charge in [-0.05, 0) is 49.4 Å². The Bertz CT molecular complexity index is 1070. The summed E-state index contributed by atoms with van der Waals surface area (Å²) in [7, 11) is 1.48. The monoisotopic (exact) mass is 540 g/mol. The molecule has 0 saturated heterocycles. The predicted molar refractivity (Wildman–Crippen MR) is 147 cm³/mol. The van der Waals surface area contributed by atoms with Crippen LogP contribution in [0.5, 0.6) is 0 Å². The molecule has 3 rings (SSSR count). The van der Waals surface area contributed by atoms with Crippen molar-refractivity contribution in [3.63, 3.8) is 0 Å². The summed E-state index contributed by atoms with van der Waals surface area (Å²) in [5, 5.41) is 19.9. The SMILES string of the molecule is CCN(CCO)c1ccc(C[C@@H](O)C(=O)N(C)[C@@H](CC2CC2)C(=O)O[C@H](C)C(=O)OCc2ccccc2)cc1. The Morgan fingerprint density at radius 3 is 2.26 bits per heavy atom. The molecule has 212 valence electrons. The van der Waals surface area contributed by atoms with Gasteiger partial charge >= 0.3 is 11.9 Å². The number of rotatable bonds is 15. The first-order chi connectivity index (χ1) is 18.7. The Hall–Kier alpha value is -3.43. The molecule has 0 bridgehead atoms. The van der Waals surface area contributed by atoms with E-state index < -0.39 is 36.1 Å². The van der Waals surface area contributed by atoms with Crippen molar-refractivity contribution in [2.24, 2.45) is 5.92 Å². The number of carbonyl (C=O) groups is 3. The predicted octanol–water partition coefficient (Wildman–Crippen LogP) is 2.71. The number of hydrogen-bond donors (Lipinski definition) is 2. The minimum absolute atomic E-state index is 0.0489. The fourth-order valence-electron chi connectivity index (χ4n) is 4.36. The van der Waals surface area contributed by atoms with Gasteiger partial charge in [0.25, 0.3) is 5.91 Å². The zero-order chi connectivity index (χ0) is 28.4. The lowest BCUT2D eigenvalue weighted by Gasteiger charge is -2.29. The van der Waals surface area contributed by atoms with Crippen LogP contribution in [0.4, 0.5) is 5.69 Å². The maximum atomic E-state index is 13.1. The summed E-state index contributed by atoms with van der Waals surface area (Å²) in [6, 6.07) is 15.7. The van der Waals surface area contributed by atoms with Crippen molar-refractivity contribution in [2.45, 2.75) is 64.4 Å². The topological polar surface area (TPSA) is 117 Å². The van der Waals surface area contributed by atoms with Crippen molar-refractivity contribution in [2.75, 3.05) is 31.6 Å². The molecule has 1 aliphatic rings. The highest BCUT2D eigenvalue weighted by Gasteiger charge is 2.37. The molecule has 9 heteroatoms. The molecule has 0 aliphatic heterocycles. The molecule has 0 aromatic heterocycles. The summed E-state index contributed by atoms with van der Waals surface area (Å²) >= 11 is 0. The number of amides is 1. The highest BCUT2D eigenvalue weighted by molar-refractivity contribution is 5.88. The molecule has 0 radical (unpaired) electrons. The lowest BCUT2D eigenvalue weighted by atomic mass is 10.0. The van der Waals surface area contributed by atoms with E-state index in [1.165, 1.54) is 18.9 Å². The minimum atomic E-state index is -1.34. The first kappa shape index (κ1) is 30.1. The molecule has 2 N–H and O–H groups in total. The van der Waals surface area contributed by atoms with Gasteiger partial charge in [0, 0.05) is 32.2 Å². The smallest absolute Gasteiger partial charge is 0.347 e. The fraction of sp³-hybridized carbons (Fsp3) is 0.500. The zero-order valence-corrected chi connectivity index (χ0v) is 23.0. The van der Waals surface area contributed by atoms with E-state index in [2.05, 4.69) is 0 Å². The number of likely N-dealkylation sites (N-methyl/N-ethyl adjacent to an activating group) is 2. The van der Waals surface area contributed by atoms with Gasteiger partial charge in [-0.3, -0.25) is 4.79 Å². The van der Waals surface area contributed by atoms with Crippen molar-refractivity contribution in [3.8, 4) is 0 Å². The molecule has 1 aliphatic carbocycles. The third kappa shape index (κ3) is 9.07. The molecule has 1 amide bonds. The van der Waals surface area contributed by atoms with Gasteiger partial charge in [0.15, 0.2) is 6.10 Å². The molecule has 0 unspecified atom stereocenters. The third-order valence-electron chi connectivity index (χ3n) is 6.96. The Kier molecular flexibility index (Phi) is 11.3. The Labute approximate surface area is 230 Å². The number of aliphatic hydroxyl groups is 2. The molecule has 9 nitrogen and oxygen atoms in total. The molecular weight excluding hydrogens is 500 g/mol. The van der Waals surface area contributed by atoms with Crippen LogP contribution < -0.4 is 4.90 Å². The van der Waals surface area contributed by atoms with Crippen molar-refractivity contribution < 1.29 is 34.1 Å². The molecule has 1 saturated carbocycles. The maximum Gasteiger partial charge on any atom is 0.347 e. The van der Waals surface area contributed by atoms with E-state index in [0.29, 0.717) is 18.9 Å². The fourth-order valence-corrected chi connectivity index (χ4v) is 4.36. The summed E-state index contributed by atoms with van der Waals surface area (Å²) in [6.07, 6.45) is -0.0673. The molecule has 39 heavy (non-hydrogen) atoms. The number of ether oxygens (including phenoxy) is 2. The number of aliphatic hydroxyl groups excluding tert-OH is 2.